The fourth-order valence-electron chi connectivity index (χ4n) is 2.79. The van der Waals surface area contributed by atoms with E-state index < -0.39 is 0 Å². The number of hydrogen-bond donors (Lipinski definition) is 0. The Morgan fingerprint density at radius 1 is 1.21 bits per heavy atom. The second-order valence-corrected chi connectivity index (χ2v) is 5.04. The van der Waals surface area contributed by atoms with E-state index in [2.05, 4.69) is 16.0 Å². The molecule has 2 nitrogen and oxygen atoms in total. The highest BCUT2D eigenvalue weighted by molar-refractivity contribution is 5.19. The van der Waals surface area contributed by atoms with Crippen LogP contribution in [0.25, 0.3) is 0 Å². The maximum atomic E-state index is 12.9. The van der Waals surface area contributed by atoms with Crippen molar-refractivity contribution >= 4 is 0 Å². The Morgan fingerprint density at radius 2 is 2.05 bits per heavy atom. The van der Waals surface area contributed by atoms with Gasteiger partial charge in [0.05, 0.1) is 0 Å². The van der Waals surface area contributed by atoms with Crippen LogP contribution in [0.5, 0.6) is 0 Å². The van der Waals surface area contributed by atoms with Gasteiger partial charge in [0.25, 0.3) is 0 Å². The lowest BCUT2D eigenvalue weighted by atomic mass is 10.1. The lowest BCUT2D eigenvalue weighted by molar-refractivity contribution is 0.248. The molecule has 0 aliphatic carbocycles. The van der Waals surface area contributed by atoms with E-state index in [4.69, 9.17) is 0 Å². The first-order valence-electron chi connectivity index (χ1n) is 6.71. The van der Waals surface area contributed by atoms with Crippen molar-refractivity contribution < 1.29 is 4.39 Å². The zero-order chi connectivity index (χ0) is 13.1. The monoisotopic (exact) mass is 256 g/mol. The van der Waals surface area contributed by atoms with E-state index in [0.29, 0.717) is 6.04 Å². The third-order valence-corrected chi connectivity index (χ3v) is 3.73. The highest BCUT2D eigenvalue weighted by Crippen LogP contribution is 2.32. The van der Waals surface area contributed by atoms with Gasteiger partial charge in [0.15, 0.2) is 0 Å². The molecule has 3 heteroatoms. The summed E-state index contributed by atoms with van der Waals surface area (Å²) in [5.74, 6) is -0.172. The van der Waals surface area contributed by atoms with Crippen LogP contribution in [-0.4, -0.2) is 16.4 Å². The molecule has 1 atom stereocenters. The Balaban J connectivity index is 1.75. The van der Waals surface area contributed by atoms with Gasteiger partial charge in [-0.15, -0.1) is 0 Å². The van der Waals surface area contributed by atoms with Crippen molar-refractivity contribution in [1.29, 1.82) is 0 Å². The molecule has 1 aliphatic rings. The second kappa shape index (κ2) is 5.49. The maximum absolute atomic E-state index is 12.9. The predicted octanol–water partition coefficient (Wildman–Crippen LogP) is 3.56. The average Bonchev–Trinajstić information content (AvgIpc) is 2.90. The highest BCUT2D eigenvalue weighted by atomic mass is 19.1. The van der Waals surface area contributed by atoms with Crippen LogP contribution >= 0.6 is 0 Å². The summed E-state index contributed by atoms with van der Waals surface area (Å²) < 4.78 is 12.9. The quantitative estimate of drug-likeness (QED) is 0.834. The molecule has 1 aromatic carbocycles. The minimum atomic E-state index is -0.172. The van der Waals surface area contributed by atoms with Crippen molar-refractivity contribution in [3.05, 3.63) is 65.7 Å². The molecule has 0 bridgehead atoms. The lowest BCUT2D eigenvalue weighted by Crippen LogP contribution is -2.22. The summed E-state index contributed by atoms with van der Waals surface area (Å²) in [6.07, 6.45) is 6.14. The summed E-state index contributed by atoms with van der Waals surface area (Å²) in [5, 5.41) is 0. The van der Waals surface area contributed by atoms with Crippen molar-refractivity contribution in [2.24, 2.45) is 0 Å². The van der Waals surface area contributed by atoms with E-state index >= 15 is 0 Å². The number of benzene rings is 1. The van der Waals surface area contributed by atoms with Gasteiger partial charge in [-0.25, -0.2) is 4.39 Å². The minimum absolute atomic E-state index is 0.172. The van der Waals surface area contributed by atoms with Crippen LogP contribution in [0.15, 0.2) is 48.8 Å². The second-order valence-electron chi connectivity index (χ2n) is 5.04. The lowest BCUT2D eigenvalue weighted by Gasteiger charge is -2.24. The molecule has 19 heavy (non-hydrogen) atoms. The van der Waals surface area contributed by atoms with Crippen LogP contribution in [-0.2, 0) is 6.54 Å². The van der Waals surface area contributed by atoms with Gasteiger partial charge in [-0.1, -0.05) is 18.2 Å². The van der Waals surface area contributed by atoms with E-state index in [9.17, 15) is 4.39 Å². The standard InChI is InChI=1S/C16H17FN2/c17-15-7-5-13(6-8-15)12-19-10-2-4-16(19)14-3-1-9-18-11-14/h1,3,5-9,11,16H,2,4,10,12H2. The molecule has 2 heterocycles. The fourth-order valence-corrected chi connectivity index (χ4v) is 2.79. The molecule has 1 aromatic heterocycles. The Morgan fingerprint density at radius 3 is 2.79 bits per heavy atom. The van der Waals surface area contributed by atoms with Crippen molar-refractivity contribution in [3.8, 4) is 0 Å². The molecule has 3 rings (SSSR count). The fraction of sp³-hybridized carbons (Fsp3) is 0.312. The molecular formula is C16H17FN2. The Bertz CT molecular complexity index is 524. The Labute approximate surface area is 112 Å². The number of halogens is 1. The topological polar surface area (TPSA) is 16.1 Å². The van der Waals surface area contributed by atoms with E-state index in [-0.39, 0.29) is 5.82 Å². The van der Waals surface area contributed by atoms with Crippen molar-refractivity contribution in [1.82, 2.24) is 9.88 Å². The number of hydrogen-bond acceptors (Lipinski definition) is 2. The zero-order valence-electron chi connectivity index (χ0n) is 10.8. The third kappa shape index (κ3) is 2.82. The Kier molecular flexibility index (Phi) is 3.56. The third-order valence-electron chi connectivity index (χ3n) is 3.73. The molecule has 0 N–H and O–H groups in total. The predicted molar refractivity (Wildman–Crippen MR) is 73.0 cm³/mol. The molecule has 1 aliphatic heterocycles. The summed E-state index contributed by atoms with van der Waals surface area (Å²) in [6.45, 7) is 1.97. The molecule has 1 fully saturated rings. The molecule has 2 aromatic rings. The number of pyridine rings is 1. The van der Waals surface area contributed by atoms with E-state index in [1.165, 1.54) is 30.5 Å². The molecule has 0 amide bonds. The largest absolute Gasteiger partial charge is 0.292 e. The van der Waals surface area contributed by atoms with Crippen LogP contribution in [0.3, 0.4) is 0 Å². The number of aromatic nitrogens is 1. The molecule has 1 unspecified atom stereocenters. The normalized spacial score (nSPS) is 19.7. The molecule has 0 radical (unpaired) electrons. The van der Waals surface area contributed by atoms with Crippen molar-refractivity contribution in [3.63, 3.8) is 0 Å². The number of rotatable bonds is 3. The van der Waals surface area contributed by atoms with Crippen molar-refractivity contribution in [2.75, 3.05) is 6.54 Å². The molecule has 1 saturated heterocycles. The van der Waals surface area contributed by atoms with E-state index in [1.54, 1.807) is 0 Å². The van der Waals surface area contributed by atoms with Crippen LogP contribution in [0.1, 0.15) is 30.0 Å². The van der Waals surface area contributed by atoms with Gasteiger partial charge < -0.3 is 0 Å². The van der Waals surface area contributed by atoms with E-state index in [0.717, 1.165) is 18.7 Å². The summed E-state index contributed by atoms with van der Waals surface area (Å²) >= 11 is 0. The van der Waals surface area contributed by atoms with Gasteiger partial charge in [-0.05, 0) is 48.7 Å². The molecular weight excluding hydrogens is 239 g/mol. The number of likely N-dealkylation sites (tertiary alicyclic amines) is 1. The Hall–Kier alpha value is -1.74. The summed E-state index contributed by atoms with van der Waals surface area (Å²) in [4.78, 5) is 6.65. The SMILES string of the molecule is Fc1ccc(CN2CCCC2c2cccnc2)cc1. The van der Waals surface area contributed by atoms with Gasteiger partial charge in [0.1, 0.15) is 5.82 Å². The summed E-state index contributed by atoms with van der Waals surface area (Å²) in [7, 11) is 0. The molecule has 0 saturated carbocycles. The smallest absolute Gasteiger partial charge is 0.123 e. The van der Waals surface area contributed by atoms with Gasteiger partial charge in [-0.2, -0.15) is 0 Å². The summed E-state index contributed by atoms with van der Waals surface area (Å²) in [5.41, 5.74) is 2.44. The van der Waals surface area contributed by atoms with Gasteiger partial charge in [-0.3, -0.25) is 9.88 Å². The molecule has 0 spiro atoms. The van der Waals surface area contributed by atoms with Crippen LogP contribution in [0, 0.1) is 5.82 Å². The highest BCUT2D eigenvalue weighted by Gasteiger charge is 2.25. The van der Waals surface area contributed by atoms with Crippen LogP contribution in [0.2, 0.25) is 0 Å². The first-order valence-corrected chi connectivity index (χ1v) is 6.71. The number of nitrogens with zero attached hydrogens (tertiary/aromatic N) is 2. The minimum Gasteiger partial charge on any atom is -0.292 e. The van der Waals surface area contributed by atoms with Gasteiger partial charge in [0, 0.05) is 25.0 Å². The summed E-state index contributed by atoms with van der Waals surface area (Å²) in [6, 6.07) is 11.4. The van der Waals surface area contributed by atoms with E-state index in [1.807, 2.05) is 30.6 Å². The van der Waals surface area contributed by atoms with Crippen LogP contribution in [0.4, 0.5) is 4.39 Å². The van der Waals surface area contributed by atoms with Gasteiger partial charge in [0.2, 0.25) is 0 Å². The van der Waals surface area contributed by atoms with Crippen LogP contribution < -0.4 is 0 Å². The average molecular weight is 256 g/mol. The zero-order valence-corrected chi connectivity index (χ0v) is 10.8. The maximum Gasteiger partial charge on any atom is 0.123 e. The first kappa shape index (κ1) is 12.3. The van der Waals surface area contributed by atoms with Gasteiger partial charge >= 0.3 is 0 Å². The van der Waals surface area contributed by atoms with Crippen molar-refractivity contribution in [2.45, 2.75) is 25.4 Å². The first-order chi connectivity index (χ1) is 9.33. The molecule has 98 valence electrons.